The van der Waals surface area contributed by atoms with Gasteiger partial charge in [0.25, 0.3) is 5.91 Å². The van der Waals surface area contributed by atoms with Crippen molar-refractivity contribution < 1.29 is 9.59 Å². The van der Waals surface area contributed by atoms with Crippen molar-refractivity contribution in [1.29, 1.82) is 0 Å². The van der Waals surface area contributed by atoms with E-state index in [1.165, 1.54) is 18.6 Å². The summed E-state index contributed by atoms with van der Waals surface area (Å²) in [5.41, 5.74) is 0.250. The van der Waals surface area contributed by atoms with Crippen LogP contribution >= 0.6 is 11.6 Å². The summed E-state index contributed by atoms with van der Waals surface area (Å²) in [5.74, 6) is -0.156. The Hall–Kier alpha value is -1.69. The van der Waals surface area contributed by atoms with Crippen LogP contribution in [-0.2, 0) is 4.79 Å². The molecule has 0 aromatic carbocycles. The lowest BCUT2D eigenvalue weighted by molar-refractivity contribution is -0.120. The minimum atomic E-state index is -0.315. The normalized spacial score (nSPS) is 9.71. The van der Waals surface area contributed by atoms with Crippen molar-refractivity contribution in [3.63, 3.8) is 0 Å². The Bertz CT molecular complexity index is 372. The monoisotopic (exact) mass is 256 g/mol. The van der Waals surface area contributed by atoms with Crippen LogP contribution in [0.3, 0.4) is 0 Å². The van der Waals surface area contributed by atoms with E-state index in [1.807, 2.05) is 0 Å². The van der Waals surface area contributed by atoms with Crippen molar-refractivity contribution in [2.75, 3.05) is 19.0 Å². The van der Waals surface area contributed by atoms with Crippen molar-refractivity contribution in [1.82, 2.24) is 20.6 Å². The van der Waals surface area contributed by atoms with E-state index in [1.54, 1.807) is 0 Å². The number of aromatic nitrogens is 2. The highest BCUT2D eigenvalue weighted by atomic mass is 35.5. The minimum Gasteiger partial charge on any atom is -0.354 e. The van der Waals surface area contributed by atoms with Gasteiger partial charge in [0.15, 0.2) is 0 Å². The Kier molecular flexibility index (Phi) is 5.95. The number of hydrogen-bond donors (Lipinski definition) is 2. The van der Waals surface area contributed by atoms with Crippen molar-refractivity contribution in [3.8, 4) is 0 Å². The Morgan fingerprint density at radius 1 is 1.24 bits per heavy atom. The average Bonchev–Trinajstić information content (AvgIpc) is 2.36. The molecule has 0 radical (unpaired) electrons. The lowest BCUT2D eigenvalue weighted by Crippen LogP contribution is -2.35. The van der Waals surface area contributed by atoms with Gasteiger partial charge in [-0.15, -0.1) is 11.6 Å². The number of carbonyl (C=O) groups excluding carboxylic acids is 2. The van der Waals surface area contributed by atoms with Gasteiger partial charge in [-0.2, -0.15) is 0 Å². The molecule has 7 heteroatoms. The second kappa shape index (κ2) is 7.56. The number of amides is 2. The molecule has 2 amide bonds. The summed E-state index contributed by atoms with van der Waals surface area (Å²) in [7, 11) is 0. The molecule has 1 aromatic heterocycles. The smallest absolute Gasteiger partial charge is 0.271 e. The van der Waals surface area contributed by atoms with E-state index in [2.05, 4.69) is 20.6 Å². The molecule has 0 aliphatic heterocycles. The molecule has 17 heavy (non-hydrogen) atoms. The lowest BCUT2D eigenvalue weighted by atomic mass is 10.4. The Balaban J connectivity index is 2.19. The molecule has 6 nitrogen and oxygen atoms in total. The third-order valence-electron chi connectivity index (χ3n) is 1.85. The van der Waals surface area contributed by atoms with E-state index < -0.39 is 0 Å². The predicted octanol–water partition coefficient (Wildman–Crippen LogP) is -0.0485. The number of carbonyl (C=O) groups is 2. The van der Waals surface area contributed by atoms with Crippen LogP contribution in [-0.4, -0.2) is 40.8 Å². The molecule has 0 unspecified atom stereocenters. The maximum Gasteiger partial charge on any atom is 0.271 e. The quantitative estimate of drug-likeness (QED) is 0.552. The first kappa shape index (κ1) is 13.4. The van der Waals surface area contributed by atoms with E-state index >= 15 is 0 Å². The summed E-state index contributed by atoms with van der Waals surface area (Å²) in [5, 5.41) is 5.22. The molecular formula is C10H13ClN4O2. The van der Waals surface area contributed by atoms with E-state index in [0.29, 0.717) is 13.1 Å². The van der Waals surface area contributed by atoms with Gasteiger partial charge in [0, 0.05) is 37.8 Å². The fourth-order valence-corrected chi connectivity index (χ4v) is 1.23. The van der Waals surface area contributed by atoms with Crippen LogP contribution in [0.15, 0.2) is 18.6 Å². The molecule has 0 aliphatic carbocycles. The van der Waals surface area contributed by atoms with Crippen LogP contribution in [0.1, 0.15) is 16.9 Å². The zero-order valence-electron chi connectivity index (χ0n) is 9.15. The predicted molar refractivity (Wildman–Crippen MR) is 62.7 cm³/mol. The molecule has 0 spiro atoms. The summed E-state index contributed by atoms with van der Waals surface area (Å²) in [6.45, 7) is 0.700. The van der Waals surface area contributed by atoms with Gasteiger partial charge < -0.3 is 10.6 Å². The lowest BCUT2D eigenvalue weighted by Gasteiger charge is -2.05. The van der Waals surface area contributed by atoms with Crippen molar-refractivity contribution in [2.24, 2.45) is 0 Å². The standard InChI is InChI=1S/C10H13ClN4O2/c11-2-1-9(16)14-5-6-15-10(17)8-7-12-3-4-13-8/h3-4,7H,1-2,5-6H2,(H,14,16)(H,15,17). The highest BCUT2D eigenvalue weighted by Crippen LogP contribution is 1.88. The highest BCUT2D eigenvalue weighted by molar-refractivity contribution is 6.18. The van der Waals surface area contributed by atoms with Crippen molar-refractivity contribution in [3.05, 3.63) is 24.3 Å². The van der Waals surface area contributed by atoms with Gasteiger partial charge in [-0.3, -0.25) is 14.6 Å². The first-order chi connectivity index (χ1) is 8.24. The molecule has 92 valence electrons. The largest absolute Gasteiger partial charge is 0.354 e. The van der Waals surface area contributed by atoms with Gasteiger partial charge in [0.1, 0.15) is 5.69 Å². The van der Waals surface area contributed by atoms with Gasteiger partial charge in [-0.05, 0) is 0 Å². The summed E-state index contributed by atoms with van der Waals surface area (Å²) in [6, 6.07) is 0. The van der Waals surface area contributed by atoms with Gasteiger partial charge in [0.2, 0.25) is 5.91 Å². The second-order valence-electron chi connectivity index (χ2n) is 3.14. The first-order valence-corrected chi connectivity index (χ1v) is 5.64. The number of rotatable bonds is 6. The third kappa shape index (κ3) is 5.26. The molecule has 1 heterocycles. The SMILES string of the molecule is O=C(CCCl)NCCNC(=O)c1cnccn1. The van der Waals surface area contributed by atoms with Crippen molar-refractivity contribution in [2.45, 2.75) is 6.42 Å². The van der Waals surface area contributed by atoms with Gasteiger partial charge in [-0.1, -0.05) is 0 Å². The Morgan fingerprint density at radius 2 is 2.00 bits per heavy atom. The van der Waals surface area contributed by atoms with Crippen LogP contribution in [0.25, 0.3) is 0 Å². The Labute approximate surface area is 104 Å². The highest BCUT2D eigenvalue weighted by Gasteiger charge is 2.05. The molecule has 1 aromatic rings. The summed E-state index contributed by atoms with van der Waals surface area (Å²) < 4.78 is 0. The van der Waals surface area contributed by atoms with E-state index in [-0.39, 0.29) is 29.8 Å². The summed E-state index contributed by atoms with van der Waals surface area (Å²) >= 11 is 5.39. The maximum atomic E-state index is 11.5. The summed E-state index contributed by atoms with van der Waals surface area (Å²) in [4.78, 5) is 30.1. The minimum absolute atomic E-state index is 0.131. The second-order valence-corrected chi connectivity index (χ2v) is 3.51. The first-order valence-electron chi connectivity index (χ1n) is 5.11. The zero-order valence-corrected chi connectivity index (χ0v) is 9.91. The van der Waals surface area contributed by atoms with E-state index in [4.69, 9.17) is 11.6 Å². The van der Waals surface area contributed by atoms with Crippen LogP contribution in [0.4, 0.5) is 0 Å². The van der Waals surface area contributed by atoms with Gasteiger partial charge in [0.05, 0.1) is 6.20 Å². The topological polar surface area (TPSA) is 84.0 Å². The van der Waals surface area contributed by atoms with Gasteiger partial charge in [-0.25, -0.2) is 4.98 Å². The molecule has 1 rings (SSSR count). The average molecular weight is 257 g/mol. The molecule has 0 aliphatic rings. The maximum absolute atomic E-state index is 11.5. The van der Waals surface area contributed by atoms with Crippen LogP contribution in [0.2, 0.25) is 0 Å². The number of nitrogens with zero attached hydrogens (tertiary/aromatic N) is 2. The van der Waals surface area contributed by atoms with E-state index in [0.717, 1.165) is 0 Å². The fourth-order valence-electron chi connectivity index (χ4n) is 1.06. The number of alkyl halides is 1. The summed E-state index contributed by atoms with van der Waals surface area (Å²) in [6.07, 6.45) is 4.58. The molecule has 0 saturated heterocycles. The molecule has 0 fully saturated rings. The number of halogens is 1. The van der Waals surface area contributed by atoms with Gasteiger partial charge >= 0.3 is 0 Å². The third-order valence-corrected chi connectivity index (χ3v) is 2.04. The zero-order chi connectivity index (χ0) is 12.5. The molecule has 0 saturated carbocycles. The van der Waals surface area contributed by atoms with E-state index in [9.17, 15) is 9.59 Å². The van der Waals surface area contributed by atoms with Crippen molar-refractivity contribution >= 4 is 23.4 Å². The van der Waals surface area contributed by atoms with Crippen LogP contribution in [0.5, 0.6) is 0 Å². The molecule has 0 bridgehead atoms. The Morgan fingerprint density at radius 3 is 2.65 bits per heavy atom. The number of nitrogens with one attached hydrogen (secondary N) is 2. The number of hydrogen-bond acceptors (Lipinski definition) is 4. The van der Waals surface area contributed by atoms with Crippen LogP contribution < -0.4 is 10.6 Å². The van der Waals surface area contributed by atoms with Crippen LogP contribution in [0, 0.1) is 0 Å². The fraction of sp³-hybridized carbons (Fsp3) is 0.400. The molecular weight excluding hydrogens is 244 g/mol. The molecule has 0 atom stereocenters. The molecule has 2 N–H and O–H groups in total.